The summed E-state index contributed by atoms with van der Waals surface area (Å²) in [6.45, 7) is 0.697. The number of hydrogen-bond acceptors (Lipinski definition) is 9. The fourth-order valence-electron chi connectivity index (χ4n) is 2.69. The molecule has 1 aliphatic rings. The Bertz CT molecular complexity index is 1150. The number of nitrogens with one attached hydrogen (secondary N) is 2. The van der Waals surface area contributed by atoms with Gasteiger partial charge in [0.2, 0.25) is 0 Å². The highest BCUT2D eigenvalue weighted by Crippen LogP contribution is 2.30. The predicted molar refractivity (Wildman–Crippen MR) is 104 cm³/mol. The second-order valence-electron chi connectivity index (χ2n) is 6.11. The number of sulfonamides is 1. The molecule has 164 valence electrons. The normalized spacial score (nSPS) is 12.6. The zero-order chi connectivity index (χ0) is 22.6. The van der Waals surface area contributed by atoms with Gasteiger partial charge in [0, 0.05) is 5.56 Å². The van der Waals surface area contributed by atoms with Crippen LogP contribution in [-0.2, 0) is 19.5 Å². The zero-order valence-corrected chi connectivity index (χ0v) is 17.3. The maximum Gasteiger partial charge on any atom is 0.339 e. The molecular weight excluding hydrogens is 432 g/mol. The van der Waals surface area contributed by atoms with Crippen LogP contribution in [0.2, 0.25) is 0 Å². The average molecular weight is 450 g/mol. The van der Waals surface area contributed by atoms with Crippen LogP contribution in [0.3, 0.4) is 0 Å². The summed E-state index contributed by atoms with van der Waals surface area (Å²) in [4.78, 5) is 37.5. The van der Waals surface area contributed by atoms with Gasteiger partial charge in [0.1, 0.15) is 13.2 Å². The fourth-order valence-corrected chi connectivity index (χ4v) is 3.75. The molecule has 1 heterocycles. The molecule has 2 aromatic carbocycles. The first kappa shape index (κ1) is 22.1. The summed E-state index contributed by atoms with van der Waals surface area (Å²) in [6, 6.07) is 7.61. The van der Waals surface area contributed by atoms with Crippen LogP contribution in [0.4, 0.5) is 0 Å². The SMILES string of the molecule is COC(=O)c1ccc(C(=O)OC)c(S(=O)(=O)NNC(=O)c2ccc3c(c2)OCCO3)c1. The van der Waals surface area contributed by atoms with Crippen LogP contribution in [0.25, 0.3) is 0 Å². The predicted octanol–water partition coefficient (Wildman–Crippen LogP) is 0.654. The largest absolute Gasteiger partial charge is 0.486 e. The third-order valence-electron chi connectivity index (χ3n) is 4.20. The summed E-state index contributed by atoms with van der Waals surface area (Å²) in [6.07, 6.45) is 0. The van der Waals surface area contributed by atoms with Gasteiger partial charge in [-0.05, 0) is 36.4 Å². The van der Waals surface area contributed by atoms with Crippen molar-refractivity contribution >= 4 is 27.9 Å². The quantitative estimate of drug-likeness (QED) is 0.478. The van der Waals surface area contributed by atoms with Crippen LogP contribution in [0.15, 0.2) is 41.3 Å². The van der Waals surface area contributed by atoms with Gasteiger partial charge in [-0.3, -0.25) is 10.2 Å². The molecule has 31 heavy (non-hydrogen) atoms. The van der Waals surface area contributed by atoms with E-state index in [1.807, 2.05) is 10.3 Å². The number of amides is 1. The molecule has 2 aromatic rings. The molecule has 11 nitrogen and oxygen atoms in total. The molecule has 0 fully saturated rings. The Labute approximate surface area is 177 Å². The Morgan fingerprint density at radius 1 is 0.871 bits per heavy atom. The molecule has 0 spiro atoms. The van der Waals surface area contributed by atoms with Gasteiger partial charge in [-0.25, -0.2) is 18.0 Å². The van der Waals surface area contributed by atoms with Crippen molar-refractivity contribution in [3.63, 3.8) is 0 Å². The smallest absolute Gasteiger partial charge is 0.339 e. The van der Waals surface area contributed by atoms with Crippen molar-refractivity contribution < 1.29 is 41.7 Å². The van der Waals surface area contributed by atoms with E-state index in [4.69, 9.17) is 9.47 Å². The summed E-state index contributed by atoms with van der Waals surface area (Å²) in [5.74, 6) is -1.74. The van der Waals surface area contributed by atoms with Crippen molar-refractivity contribution in [1.82, 2.24) is 10.3 Å². The lowest BCUT2D eigenvalue weighted by molar-refractivity contribution is 0.0583. The number of hydrazine groups is 1. The number of fused-ring (bicyclic) bond motifs is 1. The maximum absolute atomic E-state index is 12.8. The van der Waals surface area contributed by atoms with Gasteiger partial charge >= 0.3 is 11.9 Å². The van der Waals surface area contributed by atoms with E-state index < -0.39 is 32.8 Å². The van der Waals surface area contributed by atoms with Crippen molar-refractivity contribution in [2.45, 2.75) is 4.90 Å². The first-order valence-corrected chi connectivity index (χ1v) is 10.3. The van der Waals surface area contributed by atoms with E-state index in [0.717, 1.165) is 26.4 Å². The van der Waals surface area contributed by atoms with Crippen molar-refractivity contribution in [2.75, 3.05) is 27.4 Å². The van der Waals surface area contributed by atoms with Gasteiger partial charge in [-0.15, -0.1) is 4.83 Å². The molecule has 0 unspecified atom stereocenters. The molecule has 0 bridgehead atoms. The van der Waals surface area contributed by atoms with Crippen LogP contribution in [0.1, 0.15) is 31.1 Å². The molecule has 0 saturated heterocycles. The summed E-state index contributed by atoms with van der Waals surface area (Å²) in [5.41, 5.74) is 1.70. The topological polar surface area (TPSA) is 146 Å². The summed E-state index contributed by atoms with van der Waals surface area (Å²) in [5, 5.41) is 0. The van der Waals surface area contributed by atoms with Crippen LogP contribution in [0, 0.1) is 0 Å². The summed E-state index contributed by atoms with van der Waals surface area (Å²) in [7, 11) is -2.28. The lowest BCUT2D eigenvalue weighted by Gasteiger charge is -2.18. The molecule has 2 N–H and O–H groups in total. The van der Waals surface area contributed by atoms with E-state index in [1.54, 1.807) is 0 Å². The highest BCUT2D eigenvalue weighted by molar-refractivity contribution is 7.89. The first-order valence-electron chi connectivity index (χ1n) is 8.79. The summed E-state index contributed by atoms with van der Waals surface area (Å²) >= 11 is 0. The fraction of sp³-hybridized carbons (Fsp3) is 0.211. The van der Waals surface area contributed by atoms with Crippen LogP contribution in [0.5, 0.6) is 11.5 Å². The van der Waals surface area contributed by atoms with Crippen molar-refractivity contribution in [3.8, 4) is 11.5 Å². The minimum Gasteiger partial charge on any atom is -0.486 e. The minimum atomic E-state index is -4.48. The Balaban J connectivity index is 1.85. The van der Waals surface area contributed by atoms with Gasteiger partial charge in [-0.2, -0.15) is 0 Å². The highest BCUT2D eigenvalue weighted by Gasteiger charge is 2.26. The molecular formula is C19H18N2O9S. The van der Waals surface area contributed by atoms with E-state index >= 15 is 0 Å². The molecule has 0 aliphatic carbocycles. The second-order valence-corrected chi connectivity index (χ2v) is 7.76. The Kier molecular flexibility index (Phi) is 6.42. The van der Waals surface area contributed by atoms with Crippen LogP contribution >= 0.6 is 0 Å². The van der Waals surface area contributed by atoms with Crippen molar-refractivity contribution in [2.24, 2.45) is 0 Å². The Hall–Kier alpha value is -3.64. The molecule has 3 rings (SSSR count). The van der Waals surface area contributed by atoms with Gasteiger partial charge in [-0.1, -0.05) is 0 Å². The van der Waals surface area contributed by atoms with E-state index in [2.05, 4.69) is 9.47 Å². The van der Waals surface area contributed by atoms with Crippen LogP contribution in [-0.4, -0.2) is 53.7 Å². The van der Waals surface area contributed by atoms with Gasteiger partial charge in [0.25, 0.3) is 15.9 Å². The molecule has 0 atom stereocenters. The zero-order valence-electron chi connectivity index (χ0n) is 16.5. The lowest BCUT2D eigenvalue weighted by Crippen LogP contribution is -2.42. The number of rotatable bonds is 6. The minimum absolute atomic E-state index is 0.100. The monoisotopic (exact) mass is 450 g/mol. The lowest BCUT2D eigenvalue weighted by atomic mass is 10.1. The van der Waals surface area contributed by atoms with Crippen molar-refractivity contribution in [1.29, 1.82) is 0 Å². The number of carbonyl (C=O) groups excluding carboxylic acids is 3. The molecule has 12 heteroatoms. The number of esters is 2. The second kappa shape index (κ2) is 9.02. The van der Waals surface area contributed by atoms with E-state index in [-0.39, 0.29) is 16.7 Å². The molecule has 1 amide bonds. The summed E-state index contributed by atoms with van der Waals surface area (Å²) < 4.78 is 45.5. The number of carbonyl (C=O) groups is 3. The Morgan fingerprint density at radius 2 is 1.52 bits per heavy atom. The number of benzene rings is 2. The molecule has 1 aliphatic heterocycles. The molecule has 0 saturated carbocycles. The highest BCUT2D eigenvalue weighted by atomic mass is 32.2. The number of methoxy groups -OCH3 is 2. The standard InChI is InChI=1S/C19H18N2O9S/c1-27-18(23)12-3-5-13(19(24)28-2)16(10-12)31(25,26)21-20-17(22)11-4-6-14-15(9-11)30-8-7-29-14/h3-6,9-10,21H,7-8H2,1-2H3,(H,20,22). The van der Waals surface area contributed by atoms with Gasteiger partial charge < -0.3 is 18.9 Å². The van der Waals surface area contributed by atoms with E-state index in [0.29, 0.717) is 24.7 Å². The molecule has 0 radical (unpaired) electrons. The maximum atomic E-state index is 12.8. The number of hydrogen-bond donors (Lipinski definition) is 2. The van der Waals surface area contributed by atoms with Gasteiger partial charge in [0.15, 0.2) is 11.5 Å². The van der Waals surface area contributed by atoms with E-state index in [1.165, 1.54) is 24.3 Å². The van der Waals surface area contributed by atoms with Crippen molar-refractivity contribution in [3.05, 3.63) is 53.1 Å². The number of ether oxygens (including phenoxy) is 4. The Morgan fingerprint density at radius 3 is 2.19 bits per heavy atom. The first-order chi connectivity index (χ1) is 14.8. The van der Waals surface area contributed by atoms with E-state index in [9.17, 15) is 22.8 Å². The third kappa shape index (κ3) is 4.75. The van der Waals surface area contributed by atoms with Gasteiger partial charge in [0.05, 0.1) is 30.2 Å². The molecule has 0 aromatic heterocycles. The third-order valence-corrected chi connectivity index (χ3v) is 5.49. The average Bonchev–Trinajstić information content (AvgIpc) is 2.80. The van der Waals surface area contributed by atoms with Crippen LogP contribution < -0.4 is 19.7 Å².